The Morgan fingerprint density at radius 2 is 2.12 bits per heavy atom. The number of rotatable bonds is 5. The summed E-state index contributed by atoms with van der Waals surface area (Å²) in [5, 5.41) is 11.7. The Morgan fingerprint density at radius 1 is 1.47 bits per heavy atom. The number of amides is 1. The number of nitrogens with zero attached hydrogens (tertiary/aromatic N) is 2. The third kappa shape index (κ3) is 4.56. The van der Waals surface area contributed by atoms with E-state index in [1.807, 2.05) is 30.3 Å². The lowest BCUT2D eigenvalue weighted by atomic mass is 10.2. The Hall–Kier alpha value is -2.02. The monoisotopic (exact) mass is 231 g/mol. The van der Waals surface area contributed by atoms with E-state index in [0.717, 1.165) is 5.69 Å². The second-order valence-corrected chi connectivity index (χ2v) is 4.02. The average Bonchev–Trinajstić information content (AvgIpc) is 2.36. The van der Waals surface area contributed by atoms with Crippen LogP contribution < -0.4 is 5.32 Å². The van der Waals surface area contributed by atoms with E-state index in [0.29, 0.717) is 6.54 Å². The molecule has 4 nitrogen and oxygen atoms in total. The standard InChI is InChI=1S/C13H17N3O/c1-11(8-14)10-16(2)13(17)9-15-12-6-4-3-5-7-12/h3-7,11,15H,9-10H2,1-2H3. The van der Waals surface area contributed by atoms with Crippen LogP contribution in [0.15, 0.2) is 30.3 Å². The van der Waals surface area contributed by atoms with Gasteiger partial charge < -0.3 is 10.2 Å². The summed E-state index contributed by atoms with van der Waals surface area (Å²) in [6, 6.07) is 11.7. The van der Waals surface area contributed by atoms with E-state index in [-0.39, 0.29) is 18.4 Å². The van der Waals surface area contributed by atoms with Crippen LogP contribution in [0.25, 0.3) is 0 Å². The summed E-state index contributed by atoms with van der Waals surface area (Å²) in [5.41, 5.74) is 0.919. The Balaban J connectivity index is 2.37. The number of hydrogen-bond acceptors (Lipinski definition) is 3. The molecule has 17 heavy (non-hydrogen) atoms. The third-order valence-electron chi connectivity index (χ3n) is 2.41. The minimum Gasteiger partial charge on any atom is -0.376 e. The Bertz CT molecular complexity index is 397. The number of nitrogens with one attached hydrogen (secondary N) is 1. The first-order valence-corrected chi connectivity index (χ1v) is 5.56. The van der Waals surface area contributed by atoms with E-state index in [9.17, 15) is 4.79 Å². The molecular weight excluding hydrogens is 214 g/mol. The lowest BCUT2D eigenvalue weighted by Gasteiger charge is -2.18. The number of likely N-dealkylation sites (N-methyl/N-ethyl adjacent to an activating group) is 1. The van der Waals surface area contributed by atoms with Crippen LogP contribution in [0.2, 0.25) is 0 Å². The number of benzene rings is 1. The molecule has 90 valence electrons. The number of carbonyl (C=O) groups is 1. The summed E-state index contributed by atoms with van der Waals surface area (Å²) in [4.78, 5) is 13.3. The van der Waals surface area contributed by atoms with Crippen LogP contribution in [0, 0.1) is 17.2 Å². The topological polar surface area (TPSA) is 56.1 Å². The van der Waals surface area contributed by atoms with Crippen LogP contribution >= 0.6 is 0 Å². The Labute approximate surface area is 102 Å². The SMILES string of the molecule is CC(C#N)CN(C)C(=O)CNc1ccccc1. The van der Waals surface area contributed by atoms with E-state index < -0.39 is 0 Å². The van der Waals surface area contributed by atoms with Crippen molar-refractivity contribution in [2.24, 2.45) is 5.92 Å². The molecule has 1 aromatic rings. The van der Waals surface area contributed by atoms with Gasteiger partial charge >= 0.3 is 0 Å². The minimum atomic E-state index is -0.138. The van der Waals surface area contributed by atoms with Crippen molar-refractivity contribution in [3.05, 3.63) is 30.3 Å². The van der Waals surface area contributed by atoms with Crippen molar-refractivity contribution in [2.75, 3.05) is 25.5 Å². The van der Waals surface area contributed by atoms with Gasteiger partial charge in [-0.05, 0) is 19.1 Å². The fourth-order valence-electron chi connectivity index (χ4n) is 1.42. The second-order valence-electron chi connectivity index (χ2n) is 4.02. The van der Waals surface area contributed by atoms with E-state index in [4.69, 9.17) is 5.26 Å². The smallest absolute Gasteiger partial charge is 0.241 e. The van der Waals surface area contributed by atoms with Crippen LogP contribution in [-0.4, -0.2) is 30.9 Å². The van der Waals surface area contributed by atoms with Gasteiger partial charge in [-0.2, -0.15) is 5.26 Å². The first kappa shape index (κ1) is 13.0. The highest BCUT2D eigenvalue weighted by atomic mass is 16.2. The first-order chi connectivity index (χ1) is 8.13. The molecule has 0 spiro atoms. The van der Waals surface area contributed by atoms with E-state index in [1.165, 1.54) is 0 Å². The van der Waals surface area contributed by atoms with Gasteiger partial charge in [-0.25, -0.2) is 0 Å². The van der Waals surface area contributed by atoms with Gasteiger partial charge in [-0.15, -0.1) is 0 Å². The Kier molecular flexibility index (Phi) is 5.02. The van der Waals surface area contributed by atoms with Crippen molar-refractivity contribution in [3.63, 3.8) is 0 Å². The normalized spacial score (nSPS) is 11.4. The van der Waals surface area contributed by atoms with Crippen molar-refractivity contribution in [2.45, 2.75) is 6.92 Å². The zero-order valence-corrected chi connectivity index (χ0v) is 10.2. The summed E-state index contributed by atoms with van der Waals surface area (Å²) >= 11 is 0. The van der Waals surface area contributed by atoms with Gasteiger partial charge in [0.05, 0.1) is 18.5 Å². The highest BCUT2D eigenvalue weighted by molar-refractivity contribution is 5.80. The van der Waals surface area contributed by atoms with Crippen LogP contribution in [-0.2, 0) is 4.79 Å². The summed E-state index contributed by atoms with van der Waals surface area (Å²) < 4.78 is 0. The molecule has 0 saturated heterocycles. The lowest BCUT2D eigenvalue weighted by Crippen LogP contribution is -2.35. The number of carbonyl (C=O) groups excluding carboxylic acids is 1. The molecular formula is C13H17N3O. The third-order valence-corrected chi connectivity index (χ3v) is 2.41. The zero-order valence-electron chi connectivity index (χ0n) is 10.2. The van der Waals surface area contributed by atoms with Crippen LogP contribution in [0.5, 0.6) is 0 Å². The quantitative estimate of drug-likeness (QED) is 0.839. The maximum absolute atomic E-state index is 11.7. The largest absolute Gasteiger partial charge is 0.376 e. The summed E-state index contributed by atoms with van der Waals surface area (Å²) in [6.07, 6.45) is 0. The van der Waals surface area contributed by atoms with Crippen LogP contribution in [0.4, 0.5) is 5.69 Å². The molecule has 0 aromatic heterocycles. The minimum absolute atomic E-state index is 0.0176. The molecule has 1 rings (SSSR count). The fourth-order valence-corrected chi connectivity index (χ4v) is 1.42. The molecule has 0 aliphatic rings. The summed E-state index contributed by atoms with van der Waals surface area (Å²) in [6.45, 7) is 2.51. The van der Waals surface area contributed by atoms with Gasteiger partial charge in [0.15, 0.2) is 0 Å². The van der Waals surface area contributed by atoms with Crippen LogP contribution in [0.1, 0.15) is 6.92 Å². The van der Waals surface area contributed by atoms with Gasteiger partial charge in [0, 0.05) is 19.3 Å². The molecule has 0 radical (unpaired) electrons. The number of nitriles is 1. The Morgan fingerprint density at radius 3 is 2.71 bits per heavy atom. The maximum atomic E-state index is 11.7. The summed E-state index contributed by atoms with van der Waals surface area (Å²) in [7, 11) is 1.71. The van der Waals surface area contributed by atoms with Crippen molar-refractivity contribution in [1.82, 2.24) is 4.90 Å². The molecule has 0 aliphatic carbocycles. The molecule has 1 unspecified atom stereocenters. The molecule has 0 aliphatic heterocycles. The highest BCUT2D eigenvalue weighted by Gasteiger charge is 2.11. The molecule has 1 atom stereocenters. The molecule has 1 aromatic carbocycles. The molecule has 1 amide bonds. The van der Waals surface area contributed by atoms with Gasteiger partial charge in [-0.1, -0.05) is 18.2 Å². The van der Waals surface area contributed by atoms with Crippen molar-refractivity contribution in [3.8, 4) is 6.07 Å². The molecule has 4 heteroatoms. The fraction of sp³-hybridized carbons (Fsp3) is 0.385. The van der Waals surface area contributed by atoms with Crippen molar-refractivity contribution >= 4 is 11.6 Å². The van der Waals surface area contributed by atoms with Crippen molar-refractivity contribution < 1.29 is 4.79 Å². The lowest BCUT2D eigenvalue weighted by molar-refractivity contribution is -0.128. The van der Waals surface area contributed by atoms with E-state index in [1.54, 1.807) is 18.9 Å². The highest BCUT2D eigenvalue weighted by Crippen LogP contribution is 2.04. The predicted octanol–water partition coefficient (Wildman–Crippen LogP) is 1.72. The number of hydrogen-bond donors (Lipinski definition) is 1. The zero-order chi connectivity index (χ0) is 12.7. The van der Waals surface area contributed by atoms with Gasteiger partial charge in [0.2, 0.25) is 5.91 Å². The predicted molar refractivity (Wildman–Crippen MR) is 67.3 cm³/mol. The summed E-state index contributed by atoms with van der Waals surface area (Å²) in [5.74, 6) is -0.156. The first-order valence-electron chi connectivity index (χ1n) is 5.56. The van der Waals surface area contributed by atoms with E-state index >= 15 is 0 Å². The number of anilines is 1. The van der Waals surface area contributed by atoms with Crippen molar-refractivity contribution in [1.29, 1.82) is 5.26 Å². The molecule has 0 saturated carbocycles. The van der Waals surface area contributed by atoms with Gasteiger partial charge in [0.1, 0.15) is 0 Å². The average molecular weight is 231 g/mol. The molecule has 1 N–H and O–H groups in total. The molecule has 0 fully saturated rings. The maximum Gasteiger partial charge on any atom is 0.241 e. The number of para-hydroxylation sites is 1. The van der Waals surface area contributed by atoms with E-state index in [2.05, 4.69) is 11.4 Å². The van der Waals surface area contributed by atoms with Gasteiger partial charge in [-0.3, -0.25) is 4.79 Å². The second kappa shape index (κ2) is 6.54. The van der Waals surface area contributed by atoms with Gasteiger partial charge in [0.25, 0.3) is 0 Å². The molecule has 0 bridgehead atoms. The van der Waals surface area contributed by atoms with Crippen LogP contribution in [0.3, 0.4) is 0 Å². The molecule has 0 heterocycles.